The summed E-state index contributed by atoms with van der Waals surface area (Å²) in [4.78, 5) is 19.9. The zero-order valence-electron chi connectivity index (χ0n) is 24.6. The first-order chi connectivity index (χ1) is 22.8. The van der Waals surface area contributed by atoms with Gasteiger partial charge in [-0.1, -0.05) is 115 Å². The fourth-order valence-corrected chi connectivity index (χ4v) is 7.22. The maximum absolute atomic E-state index is 5.09. The van der Waals surface area contributed by atoms with Crippen LogP contribution in [0.15, 0.2) is 152 Å². The van der Waals surface area contributed by atoms with Crippen molar-refractivity contribution in [2.75, 3.05) is 0 Å². The van der Waals surface area contributed by atoms with Crippen molar-refractivity contribution in [2.45, 2.75) is 0 Å². The van der Waals surface area contributed by atoms with Gasteiger partial charge in [-0.05, 0) is 35.4 Å². The van der Waals surface area contributed by atoms with Crippen molar-refractivity contribution >= 4 is 37.2 Å². The third-order valence-corrected chi connectivity index (χ3v) is 9.43. The van der Waals surface area contributed by atoms with E-state index < -0.39 is 0 Å². The van der Waals surface area contributed by atoms with Gasteiger partial charge in [-0.15, -0.1) is 11.3 Å². The summed E-state index contributed by atoms with van der Waals surface area (Å²) in [5, 5.41) is 2.45. The number of hydrogen-bond acceptors (Lipinski definition) is 5. The second-order valence-electron chi connectivity index (χ2n) is 11.2. The molecular weight excluding hydrogens is 583 g/mol. The minimum atomic E-state index is 0.650. The fraction of sp³-hybridized carbons (Fsp3) is 0. The highest BCUT2D eigenvalue weighted by atomic mass is 32.1. The van der Waals surface area contributed by atoms with Gasteiger partial charge in [0.25, 0.3) is 0 Å². The number of pyridine rings is 1. The van der Waals surface area contributed by atoms with E-state index in [1.807, 2.05) is 66.9 Å². The van der Waals surface area contributed by atoms with E-state index in [0.717, 1.165) is 44.7 Å². The molecule has 0 spiro atoms. The standard InChI is InChI=1S/C40H25N5S/c1-3-11-26(12-4-1)30-15-7-8-16-33(30)40-43-38(27-13-5-2-6-14-27)42-39(44-40)29-19-21-32-31-20-18-28(23-35(31)46-36(32)24-29)34-25-45-22-10-9-17-37(45)41-34/h1-25H. The fourth-order valence-electron chi connectivity index (χ4n) is 6.04. The van der Waals surface area contributed by atoms with Crippen LogP contribution in [0.4, 0.5) is 0 Å². The topological polar surface area (TPSA) is 56.0 Å². The Bertz CT molecular complexity index is 2500. The molecule has 9 rings (SSSR count). The van der Waals surface area contributed by atoms with Crippen LogP contribution in [-0.4, -0.2) is 24.3 Å². The van der Waals surface area contributed by atoms with Gasteiger partial charge in [0.2, 0.25) is 0 Å². The normalized spacial score (nSPS) is 11.5. The van der Waals surface area contributed by atoms with Gasteiger partial charge in [-0.2, -0.15) is 0 Å². The summed E-state index contributed by atoms with van der Waals surface area (Å²) in [6.45, 7) is 0. The lowest BCUT2D eigenvalue weighted by molar-refractivity contribution is 1.07. The van der Waals surface area contributed by atoms with E-state index in [4.69, 9.17) is 19.9 Å². The molecule has 6 heteroatoms. The lowest BCUT2D eigenvalue weighted by atomic mass is 9.99. The molecule has 0 aliphatic carbocycles. The molecule has 9 aromatic rings. The maximum Gasteiger partial charge on any atom is 0.164 e. The Labute approximate surface area is 269 Å². The number of aromatic nitrogens is 5. The molecule has 5 aromatic carbocycles. The number of benzene rings is 5. The van der Waals surface area contributed by atoms with Gasteiger partial charge in [0.15, 0.2) is 17.5 Å². The summed E-state index contributed by atoms with van der Waals surface area (Å²) in [6, 6.07) is 48.0. The van der Waals surface area contributed by atoms with Crippen molar-refractivity contribution < 1.29 is 0 Å². The van der Waals surface area contributed by atoms with Crippen molar-refractivity contribution in [1.82, 2.24) is 24.3 Å². The Kier molecular flexibility index (Phi) is 6.25. The summed E-state index contributed by atoms with van der Waals surface area (Å²) in [6.07, 6.45) is 4.11. The van der Waals surface area contributed by atoms with E-state index in [9.17, 15) is 0 Å². The molecule has 0 amide bonds. The predicted octanol–water partition coefficient (Wildman–Crippen LogP) is 10.2. The highest BCUT2D eigenvalue weighted by Crippen LogP contribution is 2.39. The van der Waals surface area contributed by atoms with Crippen molar-refractivity contribution in [3.63, 3.8) is 0 Å². The molecule has 0 saturated heterocycles. The van der Waals surface area contributed by atoms with Gasteiger partial charge in [0.1, 0.15) is 5.65 Å². The quantitative estimate of drug-likeness (QED) is 0.195. The maximum atomic E-state index is 5.09. The van der Waals surface area contributed by atoms with Crippen LogP contribution < -0.4 is 0 Å². The Morgan fingerprint density at radius 1 is 0.435 bits per heavy atom. The van der Waals surface area contributed by atoms with E-state index >= 15 is 0 Å². The lowest BCUT2D eigenvalue weighted by Gasteiger charge is -2.12. The molecule has 4 aromatic heterocycles. The van der Waals surface area contributed by atoms with Crippen molar-refractivity contribution in [3.05, 3.63) is 152 Å². The lowest BCUT2D eigenvalue weighted by Crippen LogP contribution is -2.01. The Morgan fingerprint density at radius 2 is 1.02 bits per heavy atom. The summed E-state index contributed by atoms with van der Waals surface area (Å²) in [5.74, 6) is 1.95. The summed E-state index contributed by atoms with van der Waals surface area (Å²) >= 11 is 1.78. The van der Waals surface area contributed by atoms with Crippen LogP contribution in [0.3, 0.4) is 0 Å². The van der Waals surface area contributed by atoms with E-state index in [1.54, 1.807) is 11.3 Å². The van der Waals surface area contributed by atoms with Gasteiger partial charge < -0.3 is 4.40 Å². The molecule has 0 atom stereocenters. The highest BCUT2D eigenvalue weighted by Gasteiger charge is 2.17. The molecular formula is C40H25N5S. The monoisotopic (exact) mass is 607 g/mol. The zero-order valence-corrected chi connectivity index (χ0v) is 25.4. The van der Waals surface area contributed by atoms with Gasteiger partial charge >= 0.3 is 0 Å². The smallest absolute Gasteiger partial charge is 0.164 e. The minimum absolute atomic E-state index is 0.650. The number of fused-ring (bicyclic) bond motifs is 4. The van der Waals surface area contributed by atoms with E-state index in [-0.39, 0.29) is 0 Å². The van der Waals surface area contributed by atoms with Gasteiger partial charge in [0.05, 0.1) is 5.69 Å². The molecule has 0 bridgehead atoms. The number of rotatable bonds is 5. The summed E-state index contributed by atoms with van der Waals surface area (Å²) in [5.41, 5.74) is 8.10. The van der Waals surface area contributed by atoms with Crippen LogP contribution in [0.2, 0.25) is 0 Å². The average Bonchev–Trinajstić information content (AvgIpc) is 3.73. The zero-order chi connectivity index (χ0) is 30.5. The first-order valence-corrected chi connectivity index (χ1v) is 16.0. The van der Waals surface area contributed by atoms with E-state index in [1.165, 1.54) is 20.2 Å². The number of nitrogens with zero attached hydrogens (tertiary/aromatic N) is 5. The molecule has 4 heterocycles. The Balaban J connectivity index is 1.18. The molecule has 0 aliphatic rings. The number of hydrogen-bond donors (Lipinski definition) is 0. The van der Waals surface area contributed by atoms with Crippen molar-refractivity contribution in [3.8, 4) is 56.5 Å². The molecule has 5 nitrogen and oxygen atoms in total. The van der Waals surface area contributed by atoms with Gasteiger partial charge in [0, 0.05) is 54.8 Å². The van der Waals surface area contributed by atoms with E-state index in [0.29, 0.717) is 17.5 Å². The average molecular weight is 608 g/mol. The number of imidazole rings is 1. The third-order valence-electron chi connectivity index (χ3n) is 8.31. The van der Waals surface area contributed by atoms with Crippen molar-refractivity contribution in [2.24, 2.45) is 0 Å². The molecule has 0 N–H and O–H groups in total. The van der Waals surface area contributed by atoms with Gasteiger partial charge in [-0.25, -0.2) is 19.9 Å². The second kappa shape index (κ2) is 10.9. The molecule has 0 saturated carbocycles. The molecule has 0 aliphatic heterocycles. The molecule has 46 heavy (non-hydrogen) atoms. The van der Waals surface area contributed by atoms with E-state index in [2.05, 4.69) is 89.5 Å². The summed E-state index contributed by atoms with van der Waals surface area (Å²) in [7, 11) is 0. The van der Waals surface area contributed by atoms with Crippen LogP contribution in [0.5, 0.6) is 0 Å². The Hall–Kier alpha value is -5.98. The third kappa shape index (κ3) is 4.64. The van der Waals surface area contributed by atoms with Crippen molar-refractivity contribution in [1.29, 1.82) is 0 Å². The van der Waals surface area contributed by atoms with Gasteiger partial charge in [-0.3, -0.25) is 0 Å². The predicted molar refractivity (Wildman–Crippen MR) is 189 cm³/mol. The molecule has 0 unspecified atom stereocenters. The van der Waals surface area contributed by atoms with Crippen LogP contribution in [-0.2, 0) is 0 Å². The van der Waals surface area contributed by atoms with Crippen LogP contribution in [0.1, 0.15) is 0 Å². The first-order valence-electron chi connectivity index (χ1n) is 15.1. The molecule has 216 valence electrons. The second-order valence-corrected chi connectivity index (χ2v) is 12.3. The molecule has 0 fully saturated rings. The minimum Gasteiger partial charge on any atom is -0.306 e. The SMILES string of the molecule is c1ccc(-c2nc(-c3ccc4c(c3)sc3cc(-c5cn6ccccc6n5)ccc34)nc(-c3ccccc3-c3ccccc3)n2)cc1. The van der Waals surface area contributed by atoms with Crippen LogP contribution in [0, 0.1) is 0 Å². The Morgan fingerprint density at radius 3 is 1.76 bits per heavy atom. The summed E-state index contributed by atoms with van der Waals surface area (Å²) < 4.78 is 4.47. The highest BCUT2D eigenvalue weighted by molar-refractivity contribution is 7.25. The molecule has 0 radical (unpaired) electrons. The first kappa shape index (κ1) is 26.4. The van der Waals surface area contributed by atoms with Crippen LogP contribution >= 0.6 is 11.3 Å². The largest absolute Gasteiger partial charge is 0.306 e. The van der Waals surface area contributed by atoms with Crippen LogP contribution in [0.25, 0.3) is 82.4 Å². The number of thiophene rings is 1.